The lowest BCUT2D eigenvalue weighted by molar-refractivity contribution is 0.0975. The summed E-state index contributed by atoms with van der Waals surface area (Å²) >= 11 is 0. The zero-order chi connectivity index (χ0) is 29.2. The number of aromatic hydroxyl groups is 1. The Kier molecular flexibility index (Phi) is 8.95. The summed E-state index contributed by atoms with van der Waals surface area (Å²) in [4.78, 5) is 28.3. The lowest BCUT2D eigenvalue weighted by Gasteiger charge is -2.38. The molecule has 0 atom stereocenters. The van der Waals surface area contributed by atoms with Crippen molar-refractivity contribution < 1.29 is 14.7 Å². The van der Waals surface area contributed by atoms with Crippen LogP contribution >= 0.6 is 0 Å². The van der Waals surface area contributed by atoms with Gasteiger partial charge in [-0.3, -0.25) is 9.59 Å². The van der Waals surface area contributed by atoms with E-state index in [0.717, 1.165) is 16.7 Å². The average molecular weight is 527 g/mol. The van der Waals surface area contributed by atoms with E-state index in [1.165, 1.54) is 0 Å². The summed E-state index contributed by atoms with van der Waals surface area (Å²) in [5.74, 6) is -0.0596. The number of phenols is 1. The number of aryl methyl sites for hydroxylation is 2. The van der Waals surface area contributed by atoms with E-state index in [0.29, 0.717) is 41.5 Å². The first-order valence-corrected chi connectivity index (χ1v) is 14.1. The lowest BCUT2D eigenvalue weighted by atomic mass is 9.66. The molecule has 1 N–H and O–H groups in total. The van der Waals surface area contributed by atoms with E-state index >= 15 is 0 Å². The minimum Gasteiger partial charge on any atom is -0.507 e. The zero-order valence-corrected chi connectivity index (χ0v) is 25.4. The molecule has 3 nitrogen and oxygen atoms in total. The number of rotatable bonds is 8. The SMILES string of the molecule is CC(C)(C)c1c(C(=O)CCc2ccccc2)c(O)c(C(C)(C)C)c(C(C)(C)C)c1C(=O)CCc1ccccc1. The number of Topliss-reactive ketones (excluding diaryl/α,β-unsaturated/α-hetero) is 2. The zero-order valence-electron chi connectivity index (χ0n) is 25.4. The first kappa shape index (κ1) is 30.3. The van der Waals surface area contributed by atoms with Crippen molar-refractivity contribution in [3.8, 4) is 5.75 Å². The van der Waals surface area contributed by atoms with Crippen molar-refractivity contribution in [2.24, 2.45) is 0 Å². The van der Waals surface area contributed by atoms with Crippen LogP contribution in [0.5, 0.6) is 5.75 Å². The van der Waals surface area contributed by atoms with Crippen LogP contribution in [0.3, 0.4) is 0 Å². The third-order valence-electron chi connectivity index (χ3n) is 7.25. The number of carbonyl (C=O) groups excluding carboxylic acids is 2. The highest BCUT2D eigenvalue weighted by Gasteiger charge is 2.40. The number of ketones is 2. The van der Waals surface area contributed by atoms with E-state index in [4.69, 9.17) is 0 Å². The summed E-state index contributed by atoms with van der Waals surface area (Å²) in [5.41, 5.74) is 3.91. The van der Waals surface area contributed by atoms with Crippen LogP contribution in [0.25, 0.3) is 0 Å². The molecule has 0 aromatic heterocycles. The minimum atomic E-state index is -0.538. The first-order chi connectivity index (χ1) is 18.0. The summed E-state index contributed by atoms with van der Waals surface area (Å²) in [5, 5.41) is 12.0. The number of benzene rings is 3. The quantitative estimate of drug-likeness (QED) is 0.298. The van der Waals surface area contributed by atoms with Crippen molar-refractivity contribution in [3.05, 3.63) is 99.6 Å². The Balaban J connectivity index is 2.31. The molecule has 0 aliphatic carbocycles. The van der Waals surface area contributed by atoms with Crippen molar-refractivity contribution in [1.29, 1.82) is 0 Å². The Morgan fingerprint density at radius 3 is 1.26 bits per heavy atom. The molecule has 0 radical (unpaired) electrons. The van der Waals surface area contributed by atoms with Gasteiger partial charge in [-0.25, -0.2) is 0 Å². The fourth-order valence-electron chi connectivity index (χ4n) is 5.57. The van der Waals surface area contributed by atoms with E-state index in [9.17, 15) is 14.7 Å². The van der Waals surface area contributed by atoms with Gasteiger partial charge in [-0.05, 0) is 51.3 Å². The number of hydrogen-bond donors (Lipinski definition) is 1. The molecule has 208 valence electrons. The van der Waals surface area contributed by atoms with E-state index in [1.807, 2.05) is 102 Å². The highest BCUT2D eigenvalue weighted by atomic mass is 16.3. The predicted molar refractivity (Wildman–Crippen MR) is 162 cm³/mol. The topological polar surface area (TPSA) is 54.4 Å². The second-order valence-electron chi connectivity index (χ2n) is 13.8. The summed E-state index contributed by atoms with van der Waals surface area (Å²) in [6.07, 6.45) is 1.79. The fraction of sp³-hybridized carbons (Fsp3) is 0.444. The fourth-order valence-corrected chi connectivity index (χ4v) is 5.57. The predicted octanol–water partition coefficient (Wildman–Crippen LogP) is 8.92. The number of phenolic OH excluding ortho intramolecular Hbond substituents is 1. The van der Waals surface area contributed by atoms with Gasteiger partial charge in [-0.2, -0.15) is 0 Å². The van der Waals surface area contributed by atoms with Gasteiger partial charge in [-0.1, -0.05) is 123 Å². The molecule has 0 saturated carbocycles. The summed E-state index contributed by atoms with van der Waals surface area (Å²) in [6.45, 7) is 18.5. The molecule has 3 aromatic carbocycles. The molecule has 0 bridgehead atoms. The van der Waals surface area contributed by atoms with Gasteiger partial charge in [0.05, 0.1) is 5.56 Å². The summed E-state index contributed by atoms with van der Waals surface area (Å²) in [7, 11) is 0. The van der Waals surface area contributed by atoms with Crippen LogP contribution in [-0.2, 0) is 29.1 Å². The molecule has 0 heterocycles. The molecule has 0 spiro atoms. The smallest absolute Gasteiger partial charge is 0.167 e. The van der Waals surface area contributed by atoms with Crippen LogP contribution in [0.2, 0.25) is 0 Å². The van der Waals surface area contributed by atoms with E-state index in [1.54, 1.807) is 0 Å². The molecule has 3 heteroatoms. The molecule has 0 aliphatic heterocycles. The molecule has 39 heavy (non-hydrogen) atoms. The van der Waals surface area contributed by atoms with Gasteiger partial charge >= 0.3 is 0 Å². The molecular weight excluding hydrogens is 480 g/mol. The Morgan fingerprint density at radius 1 is 0.538 bits per heavy atom. The van der Waals surface area contributed by atoms with Crippen LogP contribution in [0.15, 0.2) is 60.7 Å². The lowest BCUT2D eigenvalue weighted by Crippen LogP contribution is -2.32. The maximum atomic E-state index is 14.3. The molecule has 0 saturated heterocycles. The molecule has 3 rings (SSSR count). The van der Waals surface area contributed by atoms with Gasteiger partial charge in [0, 0.05) is 24.0 Å². The monoisotopic (exact) mass is 526 g/mol. The number of carbonyl (C=O) groups is 2. The van der Waals surface area contributed by atoms with E-state index < -0.39 is 16.2 Å². The Morgan fingerprint density at radius 2 is 0.897 bits per heavy atom. The molecule has 0 unspecified atom stereocenters. The van der Waals surface area contributed by atoms with Crippen molar-refractivity contribution in [2.45, 2.75) is 104 Å². The summed E-state index contributed by atoms with van der Waals surface area (Å²) < 4.78 is 0. The Hall–Kier alpha value is -3.20. The van der Waals surface area contributed by atoms with E-state index in [-0.39, 0.29) is 23.7 Å². The maximum Gasteiger partial charge on any atom is 0.167 e. The van der Waals surface area contributed by atoms with Crippen LogP contribution in [-0.4, -0.2) is 16.7 Å². The Bertz CT molecular complexity index is 1310. The Labute approximate surface area is 235 Å². The first-order valence-electron chi connectivity index (χ1n) is 14.1. The molecule has 3 aromatic rings. The second kappa shape index (κ2) is 11.5. The van der Waals surface area contributed by atoms with Crippen molar-refractivity contribution in [1.82, 2.24) is 0 Å². The van der Waals surface area contributed by atoms with Gasteiger partial charge in [0.1, 0.15) is 5.75 Å². The standard InChI is InChI=1S/C36H46O3/c1-34(2,3)30-28(26(37)22-20-24-16-12-10-13-17-24)31(35(4,5)6)32(36(7,8)9)33(39)29(30)27(38)23-21-25-18-14-11-15-19-25/h10-19,39H,20-23H2,1-9H3. The maximum absolute atomic E-state index is 14.3. The molecule has 0 fully saturated rings. The largest absolute Gasteiger partial charge is 0.507 e. The van der Waals surface area contributed by atoms with Crippen LogP contribution < -0.4 is 0 Å². The highest BCUT2D eigenvalue weighted by molar-refractivity contribution is 6.08. The van der Waals surface area contributed by atoms with Crippen molar-refractivity contribution in [2.75, 3.05) is 0 Å². The third kappa shape index (κ3) is 7.06. The second-order valence-corrected chi connectivity index (χ2v) is 13.8. The van der Waals surface area contributed by atoms with Crippen LogP contribution in [0.1, 0.15) is 124 Å². The average Bonchev–Trinajstić information content (AvgIpc) is 2.84. The van der Waals surface area contributed by atoms with Crippen molar-refractivity contribution in [3.63, 3.8) is 0 Å². The van der Waals surface area contributed by atoms with Crippen molar-refractivity contribution >= 4 is 11.6 Å². The van der Waals surface area contributed by atoms with Gasteiger partial charge < -0.3 is 5.11 Å². The highest BCUT2D eigenvalue weighted by Crippen LogP contribution is 2.49. The van der Waals surface area contributed by atoms with Gasteiger partial charge in [-0.15, -0.1) is 0 Å². The molecule has 0 aliphatic rings. The minimum absolute atomic E-state index is 0.0244. The summed E-state index contributed by atoms with van der Waals surface area (Å²) in [6, 6.07) is 20.0. The number of hydrogen-bond acceptors (Lipinski definition) is 3. The van der Waals surface area contributed by atoms with E-state index in [2.05, 4.69) is 20.8 Å². The van der Waals surface area contributed by atoms with Gasteiger partial charge in [0.2, 0.25) is 0 Å². The van der Waals surface area contributed by atoms with Crippen LogP contribution in [0, 0.1) is 0 Å². The van der Waals surface area contributed by atoms with Gasteiger partial charge in [0.15, 0.2) is 11.6 Å². The molecular formula is C36H46O3. The third-order valence-corrected chi connectivity index (χ3v) is 7.25. The molecule has 0 amide bonds. The van der Waals surface area contributed by atoms with Gasteiger partial charge in [0.25, 0.3) is 0 Å². The van der Waals surface area contributed by atoms with Crippen LogP contribution in [0.4, 0.5) is 0 Å². The normalized spacial score (nSPS) is 12.4.